The molecule has 3 heterocycles. The van der Waals surface area contributed by atoms with Crippen LogP contribution in [0.3, 0.4) is 0 Å². The van der Waals surface area contributed by atoms with Gasteiger partial charge in [0.2, 0.25) is 0 Å². The van der Waals surface area contributed by atoms with Crippen LogP contribution in [-0.2, 0) is 6.42 Å². The van der Waals surface area contributed by atoms with E-state index in [-0.39, 0.29) is 0 Å². The van der Waals surface area contributed by atoms with Crippen molar-refractivity contribution in [2.24, 2.45) is 0 Å². The van der Waals surface area contributed by atoms with Crippen molar-refractivity contribution in [1.82, 2.24) is 15.0 Å². The van der Waals surface area contributed by atoms with Gasteiger partial charge in [0, 0.05) is 18.1 Å². The third-order valence-corrected chi connectivity index (χ3v) is 4.36. The second-order valence-electron chi connectivity index (χ2n) is 3.94. The Morgan fingerprint density at radius 3 is 2.83 bits per heavy atom. The highest BCUT2D eigenvalue weighted by Gasteiger charge is 2.09. The second-order valence-corrected chi connectivity index (χ2v) is 5.77. The van der Waals surface area contributed by atoms with Crippen molar-refractivity contribution >= 4 is 38.7 Å². The topological polar surface area (TPSA) is 50.7 Å². The number of anilines is 1. The number of thiazole rings is 1. The summed E-state index contributed by atoms with van der Waals surface area (Å²) in [6, 6.07) is 2.04. The van der Waals surface area contributed by atoms with Gasteiger partial charge >= 0.3 is 0 Å². The summed E-state index contributed by atoms with van der Waals surface area (Å²) in [5.74, 6) is 1.72. The molecule has 0 amide bonds. The number of aryl methyl sites for hydroxylation is 1. The van der Waals surface area contributed by atoms with E-state index in [9.17, 15) is 0 Å². The van der Waals surface area contributed by atoms with Crippen LogP contribution in [0.25, 0.3) is 10.2 Å². The largest absolute Gasteiger partial charge is 0.372 e. The molecule has 0 aliphatic heterocycles. The molecular weight excluding hydrogens is 264 g/mol. The minimum absolute atomic E-state index is 0.695. The number of aromatic nitrogens is 3. The Bertz CT molecular complexity index is 686. The first-order valence-electron chi connectivity index (χ1n) is 5.59. The van der Waals surface area contributed by atoms with E-state index in [0.717, 1.165) is 32.6 Å². The van der Waals surface area contributed by atoms with E-state index in [2.05, 4.69) is 25.6 Å². The number of nitrogens with zero attached hydrogens (tertiary/aromatic N) is 3. The van der Waals surface area contributed by atoms with Gasteiger partial charge in [-0.05, 0) is 18.4 Å². The molecule has 3 aromatic rings. The fourth-order valence-corrected chi connectivity index (χ4v) is 3.34. The highest BCUT2D eigenvalue weighted by Crippen LogP contribution is 2.25. The fourth-order valence-electron chi connectivity index (χ4n) is 1.79. The standard InChI is InChI=1S/C12H12N4S2/c1-7-6-18-10(14-7)5-9-15-11(13-2)8-3-4-17-12(8)16-9/h3-4,6H,5H2,1-2H3,(H,13,15,16). The first-order valence-corrected chi connectivity index (χ1v) is 7.35. The molecule has 4 nitrogen and oxygen atoms in total. The number of thiophene rings is 1. The van der Waals surface area contributed by atoms with E-state index in [1.807, 2.05) is 25.4 Å². The van der Waals surface area contributed by atoms with Gasteiger partial charge in [-0.3, -0.25) is 0 Å². The van der Waals surface area contributed by atoms with E-state index in [4.69, 9.17) is 0 Å². The summed E-state index contributed by atoms with van der Waals surface area (Å²) in [7, 11) is 1.89. The molecule has 6 heteroatoms. The summed E-state index contributed by atoms with van der Waals surface area (Å²) in [6.45, 7) is 2.00. The smallest absolute Gasteiger partial charge is 0.139 e. The maximum atomic E-state index is 4.58. The van der Waals surface area contributed by atoms with E-state index in [1.54, 1.807) is 22.7 Å². The van der Waals surface area contributed by atoms with E-state index in [0.29, 0.717) is 6.42 Å². The minimum Gasteiger partial charge on any atom is -0.372 e. The summed E-state index contributed by atoms with van der Waals surface area (Å²) in [5, 5.41) is 9.36. The lowest BCUT2D eigenvalue weighted by atomic mass is 10.3. The van der Waals surface area contributed by atoms with Crippen LogP contribution >= 0.6 is 22.7 Å². The van der Waals surface area contributed by atoms with Crippen LogP contribution in [0.5, 0.6) is 0 Å². The SMILES string of the molecule is CNc1nc(Cc2nc(C)cs2)nc2sccc12. The molecule has 0 atom stereocenters. The normalized spacial score (nSPS) is 11.0. The summed E-state index contributed by atoms with van der Waals surface area (Å²) in [6.07, 6.45) is 0.695. The first kappa shape index (κ1) is 11.6. The summed E-state index contributed by atoms with van der Waals surface area (Å²) in [5.41, 5.74) is 1.06. The van der Waals surface area contributed by atoms with Crippen molar-refractivity contribution < 1.29 is 0 Å². The summed E-state index contributed by atoms with van der Waals surface area (Å²) < 4.78 is 0. The molecule has 0 bridgehead atoms. The molecule has 0 saturated heterocycles. The molecule has 0 aliphatic rings. The van der Waals surface area contributed by atoms with Gasteiger partial charge in [0.25, 0.3) is 0 Å². The summed E-state index contributed by atoms with van der Waals surface area (Å²) in [4.78, 5) is 14.6. The third-order valence-electron chi connectivity index (χ3n) is 2.58. The fraction of sp³-hybridized carbons (Fsp3) is 0.250. The van der Waals surface area contributed by atoms with Gasteiger partial charge in [-0.15, -0.1) is 22.7 Å². The van der Waals surface area contributed by atoms with Crippen molar-refractivity contribution in [3.8, 4) is 0 Å². The molecule has 0 aliphatic carbocycles. The predicted molar refractivity (Wildman–Crippen MR) is 76.6 cm³/mol. The third kappa shape index (κ3) is 2.09. The van der Waals surface area contributed by atoms with Gasteiger partial charge in [-0.1, -0.05) is 0 Å². The van der Waals surface area contributed by atoms with E-state index >= 15 is 0 Å². The Balaban J connectivity index is 2.01. The van der Waals surface area contributed by atoms with Gasteiger partial charge in [-0.25, -0.2) is 15.0 Å². The molecule has 0 radical (unpaired) electrons. The average molecular weight is 276 g/mol. The second kappa shape index (κ2) is 4.62. The molecule has 0 unspecified atom stereocenters. The molecule has 3 aromatic heterocycles. The van der Waals surface area contributed by atoms with Crippen LogP contribution in [-0.4, -0.2) is 22.0 Å². The van der Waals surface area contributed by atoms with Crippen molar-refractivity contribution in [2.75, 3.05) is 12.4 Å². The maximum Gasteiger partial charge on any atom is 0.139 e. The lowest BCUT2D eigenvalue weighted by molar-refractivity contribution is 0.977. The lowest BCUT2D eigenvalue weighted by Gasteiger charge is -2.03. The van der Waals surface area contributed by atoms with Crippen LogP contribution in [0, 0.1) is 6.92 Å². The van der Waals surface area contributed by atoms with Crippen LogP contribution in [0.15, 0.2) is 16.8 Å². The number of rotatable bonds is 3. The molecule has 0 saturated carbocycles. The molecule has 92 valence electrons. The van der Waals surface area contributed by atoms with Crippen molar-refractivity contribution in [2.45, 2.75) is 13.3 Å². The van der Waals surface area contributed by atoms with Gasteiger partial charge < -0.3 is 5.32 Å². The Morgan fingerprint density at radius 1 is 1.22 bits per heavy atom. The zero-order chi connectivity index (χ0) is 12.5. The number of hydrogen-bond acceptors (Lipinski definition) is 6. The van der Waals surface area contributed by atoms with Crippen LogP contribution in [0.2, 0.25) is 0 Å². The summed E-state index contributed by atoms with van der Waals surface area (Å²) >= 11 is 3.30. The molecule has 3 rings (SSSR count). The molecule has 18 heavy (non-hydrogen) atoms. The Hall–Kier alpha value is -1.53. The molecule has 0 fully saturated rings. The minimum atomic E-state index is 0.695. The zero-order valence-corrected chi connectivity index (χ0v) is 11.7. The van der Waals surface area contributed by atoms with Gasteiger partial charge in [0.1, 0.15) is 21.5 Å². The van der Waals surface area contributed by atoms with Crippen LogP contribution in [0.4, 0.5) is 5.82 Å². The predicted octanol–water partition coefficient (Wildman–Crippen LogP) is 3.09. The van der Waals surface area contributed by atoms with Crippen molar-refractivity contribution in [1.29, 1.82) is 0 Å². The monoisotopic (exact) mass is 276 g/mol. The van der Waals surface area contributed by atoms with Crippen molar-refractivity contribution in [3.05, 3.63) is 33.4 Å². The molecule has 0 spiro atoms. The van der Waals surface area contributed by atoms with E-state index < -0.39 is 0 Å². The first-order chi connectivity index (χ1) is 8.76. The Labute approximate surface area is 113 Å². The number of hydrogen-bond donors (Lipinski definition) is 1. The van der Waals surface area contributed by atoms with E-state index in [1.165, 1.54) is 0 Å². The van der Waals surface area contributed by atoms with Crippen molar-refractivity contribution in [3.63, 3.8) is 0 Å². The molecular formula is C12H12N4S2. The Morgan fingerprint density at radius 2 is 2.11 bits per heavy atom. The highest BCUT2D eigenvalue weighted by atomic mass is 32.1. The average Bonchev–Trinajstić information content (AvgIpc) is 2.97. The van der Waals surface area contributed by atoms with Gasteiger partial charge in [0.15, 0.2) is 0 Å². The zero-order valence-electron chi connectivity index (χ0n) is 10.1. The van der Waals surface area contributed by atoms with Gasteiger partial charge in [-0.2, -0.15) is 0 Å². The molecule has 0 aromatic carbocycles. The maximum absolute atomic E-state index is 4.58. The quantitative estimate of drug-likeness (QED) is 0.798. The number of fused-ring (bicyclic) bond motifs is 1. The lowest BCUT2D eigenvalue weighted by Crippen LogP contribution is -2.01. The number of nitrogens with one attached hydrogen (secondary N) is 1. The van der Waals surface area contributed by atoms with Gasteiger partial charge in [0.05, 0.1) is 11.8 Å². The van der Waals surface area contributed by atoms with Crippen LogP contribution in [0.1, 0.15) is 16.5 Å². The highest BCUT2D eigenvalue weighted by molar-refractivity contribution is 7.16. The van der Waals surface area contributed by atoms with Crippen LogP contribution < -0.4 is 5.32 Å². The Kier molecular flexibility index (Phi) is 2.97. The molecule has 1 N–H and O–H groups in total.